The number of carbonyl (C=O) groups is 1. The van der Waals surface area contributed by atoms with Gasteiger partial charge in [-0.15, -0.1) is 0 Å². The Kier molecular flexibility index (Phi) is 4.89. The van der Waals surface area contributed by atoms with Gasteiger partial charge in [0.2, 0.25) is 0 Å². The molecule has 1 atom stereocenters. The first-order chi connectivity index (χ1) is 8.34. The highest BCUT2D eigenvalue weighted by Crippen LogP contribution is 2.08. The summed E-state index contributed by atoms with van der Waals surface area (Å²) in [4.78, 5) is 13.6. The summed E-state index contributed by atoms with van der Waals surface area (Å²) in [5.74, 6) is 0.407. The molecule has 1 amide bonds. The fourth-order valence-electron chi connectivity index (χ4n) is 1.70. The van der Waals surface area contributed by atoms with Crippen molar-refractivity contribution in [2.24, 2.45) is 5.73 Å². The molecule has 0 saturated heterocycles. The maximum atomic E-state index is 11.7. The summed E-state index contributed by atoms with van der Waals surface area (Å²) < 4.78 is 5.21. The van der Waals surface area contributed by atoms with Crippen LogP contribution in [0.25, 0.3) is 0 Å². The molecule has 0 fully saturated rings. The van der Waals surface area contributed by atoms with Crippen molar-refractivity contribution in [2.45, 2.75) is 19.1 Å². The number of nitrogens with zero attached hydrogens (tertiary/aromatic N) is 1. The SMILES string of the molecule is CN(C)CC(C)(O)CNC(=O)c1ccc(CN)o1. The zero-order chi connectivity index (χ0) is 13.8. The predicted octanol–water partition coefficient (Wildman–Crippen LogP) is -0.219. The number of carbonyl (C=O) groups excluding carboxylic acids is 1. The lowest BCUT2D eigenvalue weighted by Crippen LogP contribution is -2.47. The molecule has 6 nitrogen and oxygen atoms in total. The number of aliphatic hydroxyl groups is 1. The van der Waals surface area contributed by atoms with Crippen LogP contribution in [0.5, 0.6) is 0 Å². The molecule has 0 saturated carbocycles. The van der Waals surface area contributed by atoms with E-state index in [4.69, 9.17) is 10.2 Å². The van der Waals surface area contributed by atoms with Gasteiger partial charge in [-0.2, -0.15) is 0 Å². The lowest BCUT2D eigenvalue weighted by molar-refractivity contribution is 0.0322. The van der Waals surface area contributed by atoms with Crippen LogP contribution in [-0.4, -0.2) is 48.7 Å². The summed E-state index contributed by atoms with van der Waals surface area (Å²) in [6.07, 6.45) is 0. The van der Waals surface area contributed by atoms with Gasteiger partial charge in [-0.05, 0) is 33.2 Å². The molecule has 1 rings (SSSR count). The summed E-state index contributed by atoms with van der Waals surface area (Å²) >= 11 is 0. The molecule has 1 aromatic rings. The molecule has 0 aliphatic heterocycles. The van der Waals surface area contributed by atoms with Gasteiger partial charge in [-0.25, -0.2) is 0 Å². The fourth-order valence-corrected chi connectivity index (χ4v) is 1.70. The summed E-state index contributed by atoms with van der Waals surface area (Å²) in [6, 6.07) is 3.23. The van der Waals surface area contributed by atoms with E-state index in [-0.39, 0.29) is 24.8 Å². The average Bonchev–Trinajstić information content (AvgIpc) is 2.72. The monoisotopic (exact) mass is 255 g/mol. The van der Waals surface area contributed by atoms with Gasteiger partial charge in [0.25, 0.3) is 5.91 Å². The molecule has 4 N–H and O–H groups in total. The van der Waals surface area contributed by atoms with Crippen LogP contribution in [0.4, 0.5) is 0 Å². The molecule has 0 aliphatic rings. The van der Waals surface area contributed by atoms with E-state index in [1.165, 1.54) is 0 Å². The normalized spacial score (nSPS) is 14.6. The number of hydrogen-bond acceptors (Lipinski definition) is 5. The van der Waals surface area contributed by atoms with Gasteiger partial charge < -0.3 is 25.5 Å². The van der Waals surface area contributed by atoms with Gasteiger partial charge in [-0.1, -0.05) is 0 Å². The minimum atomic E-state index is -0.984. The number of nitrogens with one attached hydrogen (secondary N) is 1. The van der Waals surface area contributed by atoms with Gasteiger partial charge in [-0.3, -0.25) is 4.79 Å². The van der Waals surface area contributed by atoms with E-state index in [1.807, 2.05) is 19.0 Å². The van der Waals surface area contributed by atoms with Crippen LogP contribution in [0, 0.1) is 0 Å². The molecular formula is C12H21N3O3. The smallest absolute Gasteiger partial charge is 0.287 e. The van der Waals surface area contributed by atoms with E-state index >= 15 is 0 Å². The Morgan fingerprint density at radius 1 is 1.56 bits per heavy atom. The molecule has 0 aliphatic carbocycles. The summed E-state index contributed by atoms with van der Waals surface area (Å²) in [5, 5.41) is 12.7. The molecule has 18 heavy (non-hydrogen) atoms. The second kappa shape index (κ2) is 5.99. The van der Waals surface area contributed by atoms with Crippen molar-refractivity contribution in [1.29, 1.82) is 0 Å². The number of nitrogens with two attached hydrogens (primary N) is 1. The first kappa shape index (κ1) is 14.7. The summed E-state index contributed by atoms with van der Waals surface area (Å²) in [5.41, 5.74) is 4.41. The van der Waals surface area contributed by atoms with Crippen molar-refractivity contribution in [3.63, 3.8) is 0 Å². The molecule has 1 heterocycles. The lowest BCUT2D eigenvalue weighted by Gasteiger charge is -2.26. The van der Waals surface area contributed by atoms with Crippen molar-refractivity contribution in [1.82, 2.24) is 10.2 Å². The third kappa shape index (κ3) is 4.48. The third-order valence-corrected chi connectivity index (χ3v) is 2.37. The zero-order valence-electron chi connectivity index (χ0n) is 11.1. The van der Waals surface area contributed by atoms with E-state index in [0.717, 1.165) is 0 Å². The predicted molar refractivity (Wildman–Crippen MR) is 68.1 cm³/mol. The van der Waals surface area contributed by atoms with E-state index in [2.05, 4.69) is 5.32 Å². The van der Waals surface area contributed by atoms with Crippen LogP contribution in [0.1, 0.15) is 23.2 Å². The second-order valence-electron chi connectivity index (χ2n) is 4.89. The molecule has 0 radical (unpaired) electrons. The van der Waals surface area contributed by atoms with Crippen molar-refractivity contribution < 1.29 is 14.3 Å². The highest BCUT2D eigenvalue weighted by molar-refractivity contribution is 5.91. The Labute approximate surface area is 107 Å². The van der Waals surface area contributed by atoms with Gasteiger partial charge >= 0.3 is 0 Å². The highest BCUT2D eigenvalue weighted by atomic mass is 16.4. The van der Waals surface area contributed by atoms with E-state index in [9.17, 15) is 9.90 Å². The van der Waals surface area contributed by atoms with E-state index < -0.39 is 5.60 Å². The Morgan fingerprint density at radius 2 is 2.22 bits per heavy atom. The minimum Gasteiger partial charge on any atom is -0.455 e. The molecule has 0 aromatic carbocycles. The molecule has 0 spiro atoms. The van der Waals surface area contributed by atoms with E-state index in [1.54, 1.807) is 19.1 Å². The van der Waals surface area contributed by atoms with Crippen molar-refractivity contribution in [2.75, 3.05) is 27.2 Å². The quantitative estimate of drug-likeness (QED) is 0.653. The number of hydrogen-bond donors (Lipinski definition) is 3. The zero-order valence-corrected chi connectivity index (χ0v) is 11.1. The first-order valence-corrected chi connectivity index (χ1v) is 5.78. The standard InChI is InChI=1S/C12H21N3O3/c1-12(17,8-15(2)3)7-14-11(16)10-5-4-9(6-13)18-10/h4-5,17H,6-8,13H2,1-3H3,(H,14,16). The van der Waals surface area contributed by atoms with Gasteiger partial charge in [0.1, 0.15) is 5.76 Å². The molecule has 102 valence electrons. The van der Waals surface area contributed by atoms with Crippen molar-refractivity contribution in [3.05, 3.63) is 23.7 Å². The molecule has 1 unspecified atom stereocenters. The maximum Gasteiger partial charge on any atom is 0.287 e. The Hall–Kier alpha value is -1.37. The van der Waals surface area contributed by atoms with Crippen LogP contribution < -0.4 is 11.1 Å². The van der Waals surface area contributed by atoms with Crippen molar-refractivity contribution in [3.8, 4) is 0 Å². The topological polar surface area (TPSA) is 91.7 Å². The maximum absolute atomic E-state index is 11.7. The highest BCUT2D eigenvalue weighted by Gasteiger charge is 2.23. The molecular weight excluding hydrogens is 234 g/mol. The molecule has 1 aromatic heterocycles. The first-order valence-electron chi connectivity index (χ1n) is 5.78. The van der Waals surface area contributed by atoms with Crippen LogP contribution in [0.2, 0.25) is 0 Å². The third-order valence-electron chi connectivity index (χ3n) is 2.37. The van der Waals surface area contributed by atoms with Gasteiger partial charge in [0.15, 0.2) is 5.76 Å². The summed E-state index contributed by atoms with van der Waals surface area (Å²) in [7, 11) is 3.71. The Bertz CT molecular complexity index is 399. The molecule has 0 bridgehead atoms. The fraction of sp³-hybridized carbons (Fsp3) is 0.583. The van der Waals surface area contributed by atoms with E-state index in [0.29, 0.717) is 12.3 Å². The van der Waals surface area contributed by atoms with Crippen LogP contribution in [0.15, 0.2) is 16.5 Å². The minimum absolute atomic E-state index is 0.155. The Morgan fingerprint density at radius 3 is 2.72 bits per heavy atom. The number of amides is 1. The number of likely N-dealkylation sites (N-methyl/N-ethyl adjacent to an activating group) is 1. The van der Waals surface area contributed by atoms with Gasteiger partial charge in [0, 0.05) is 13.1 Å². The lowest BCUT2D eigenvalue weighted by atomic mass is 10.1. The van der Waals surface area contributed by atoms with Crippen molar-refractivity contribution >= 4 is 5.91 Å². The largest absolute Gasteiger partial charge is 0.455 e. The summed E-state index contributed by atoms with van der Waals surface area (Å²) in [6.45, 7) is 2.54. The number of furan rings is 1. The Balaban J connectivity index is 2.50. The number of rotatable bonds is 6. The van der Waals surface area contributed by atoms with Crippen LogP contribution in [-0.2, 0) is 6.54 Å². The van der Waals surface area contributed by atoms with Crippen LogP contribution >= 0.6 is 0 Å². The second-order valence-corrected chi connectivity index (χ2v) is 4.89. The van der Waals surface area contributed by atoms with Gasteiger partial charge in [0.05, 0.1) is 12.1 Å². The van der Waals surface area contributed by atoms with Crippen LogP contribution in [0.3, 0.4) is 0 Å². The molecule has 6 heteroatoms. The average molecular weight is 255 g/mol.